The molecule has 1 saturated heterocycles. The Labute approximate surface area is 206 Å². The lowest BCUT2D eigenvalue weighted by atomic mass is 10.1. The van der Waals surface area contributed by atoms with Crippen molar-refractivity contribution in [3.05, 3.63) is 89.5 Å². The van der Waals surface area contributed by atoms with Gasteiger partial charge in [0, 0.05) is 30.0 Å². The second kappa shape index (κ2) is 10.2. The molecule has 1 fully saturated rings. The zero-order chi connectivity index (χ0) is 25.1. The van der Waals surface area contributed by atoms with Crippen molar-refractivity contribution in [1.29, 1.82) is 0 Å². The summed E-state index contributed by atoms with van der Waals surface area (Å²) in [7, 11) is -7.12. The van der Waals surface area contributed by atoms with Gasteiger partial charge in [-0.2, -0.15) is 0 Å². The number of amides is 1. The zero-order valence-electron chi connectivity index (χ0n) is 19.3. The van der Waals surface area contributed by atoms with Gasteiger partial charge in [-0.15, -0.1) is 0 Å². The molecule has 0 radical (unpaired) electrons. The molecule has 8 nitrogen and oxygen atoms in total. The summed E-state index contributed by atoms with van der Waals surface area (Å²) < 4.78 is 54.2. The third kappa shape index (κ3) is 6.27. The molecular weight excluding hydrogens is 486 g/mol. The molecule has 1 amide bonds. The number of anilines is 2. The van der Waals surface area contributed by atoms with Crippen molar-refractivity contribution >= 4 is 37.3 Å². The molecule has 0 saturated carbocycles. The highest BCUT2D eigenvalue weighted by atomic mass is 32.2. The third-order valence-corrected chi connectivity index (χ3v) is 9.00. The first-order chi connectivity index (χ1) is 16.6. The Bertz CT molecular complexity index is 1400. The van der Waals surface area contributed by atoms with Crippen LogP contribution >= 0.6 is 0 Å². The van der Waals surface area contributed by atoms with Crippen LogP contribution in [0.4, 0.5) is 11.4 Å². The Balaban J connectivity index is 1.37. The van der Waals surface area contributed by atoms with E-state index in [-0.39, 0.29) is 16.6 Å². The van der Waals surface area contributed by atoms with Crippen LogP contribution in [0, 0.1) is 6.92 Å². The number of benzene rings is 3. The first-order valence-corrected chi connectivity index (χ1v) is 14.3. The molecule has 1 aliphatic heterocycles. The molecule has 0 unspecified atom stereocenters. The molecule has 184 valence electrons. The minimum atomic E-state index is -3.76. The highest BCUT2D eigenvalue weighted by Gasteiger charge is 2.25. The van der Waals surface area contributed by atoms with Crippen LogP contribution in [0.5, 0.6) is 0 Å². The van der Waals surface area contributed by atoms with Crippen LogP contribution in [-0.4, -0.2) is 40.1 Å². The van der Waals surface area contributed by atoms with Crippen molar-refractivity contribution in [2.45, 2.75) is 30.4 Å². The van der Waals surface area contributed by atoms with Crippen molar-refractivity contribution < 1.29 is 21.6 Å². The number of hydrogen-bond acceptors (Lipinski definition) is 5. The van der Waals surface area contributed by atoms with Gasteiger partial charge in [-0.05, 0) is 73.9 Å². The van der Waals surface area contributed by atoms with Gasteiger partial charge in [0.2, 0.25) is 10.0 Å². The van der Waals surface area contributed by atoms with E-state index in [1.807, 2.05) is 19.1 Å². The smallest absolute Gasteiger partial charge is 0.261 e. The summed E-state index contributed by atoms with van der Waals surface area (Å²) in [5, 5.41) is 2.72. The minimum Gasteiger partial charge on any atom is -0.322 e. The minimum absolute atomic E-state index is 0.0691. The van der Waals surface area contributed by atoms with Gasteiger partial charge >= 0.3 is 0 Å². The van der Waals surface area contributed by atoms with E-state index >= 15 is 0 Å². The average molecular weight is 514 g/mol. The Morgan fingerprint density at radius 3 is 1.97 bits per heavy atom. The molecule has 4 rings (SSSR count). The molecule has 0 spiro atoms. The summed E-state index contributed by atoms with van der Waals surface area (Å²) in [6.07, 6.45) is 1.77. The monoisotopic (exact) mass is 513 g/mol. The molecule has 3 aromatic rings. The fraction of sp³-hybridized carbons (Fsp3) is 0.240. The average Bonchev–Trinajstić information content (AvgIpc) is 3.37. The van der Waals surface area contributed by atoms with E-state index in [1.54, 1.807) is 36.4 Å². The summed E-state index contributed by atoms with van der Waals surface area (Å²) >= 11 is 0. The van der Waals surface area contributed by atoms with Crippen LogP contribution in [0.15, 0.2) is 77.7 Å². The maximum Gasteiger partial charge on any atom is 0.261 e. The van der Waals surface area contributed by atoms with Crippen molar-refractivity contribution in [2.24, 2.45) is 0 Å². The molecule has 2 N–H and O–H groups in total. The normalized spacial score (nSPS) is 14.5. The lowest BCUT2D eigenvalue weighted by Gasteiger charge is -2.15. The fourth-order valence-corrected chi connectivity index (χ4v) is 6.45. The van der Waals surface area contributed by atoms with Crippen molar-refractivity contribution in [3.8, 4) is 0 Å². The zero-order valence-corrected chi connectivity index (χ0v) is 20.9. The quantitative estimate of drug-likeness (QED) is 0.473. The lowest BCUT2D eigenvalue weighted by molar-refractivity contribution is 0.102. The summed E-state index contributed by atoms with van der Waals surface area (Å²) in [6.45, 7) is 3.04. The Hall–Kier alpha value is -3.21. The topological polar surface area (TPSA) is 113 Å². The van der Waals surface area contributed by atoms with Gasteiger partial charge in [0.1, 0.15) is 0 Å². The second-order valence-corrected chi connectivity index (χ2v) is 12.2. The number of carbonyl (C=O) groups excluding carboxylic acids is 1. The molecule has 0 bridgehead atoms. The van der Waals surface area contributed by atoms with Crippen LogP contribution in [0.1, 0.15) is 34.3 Å². The van der Waals surface area contributed by atoms with Crippen LogP contribution in [0.3, 0.4) is 0 Å². The third-order valence-electron chi connectivity index (χ3n) is 5.75. The SMILES string of the molecule is Cc1ccc(NS(=O)(=O)c2ccc(NC(=O)c3ccc(CS(=O)(=O)N4CCCC4)cc3)cc2)cc1. The second-order valence-electron chi connectivity index (χ2n) is 8.51. The Morgan fingerprint density at radius 1 is 0.800 bits per heavy atom. The van der Waals surface area contributed by atoms with Gasteiger partial charge in [0.15, 0.2) is 0 Å². The van der Waals surface area contributed by atoms with Crippen molar-refractivity contribution in [1.82, 2.24) is 4.31 Å². The Morgan fingerprint density at radius 2 is 1.37 bits per heavy atom. The fourth-order valence-electron chi connectivity index (χ4n) is 3.78. The van der Waals surface area contributed by atoms with E-state index in [0.717, 1.165) is 18.4 Å². The van der Waals surface area contributed by atoms with E-state index in [4.69, 9.17) is 0 Å². The van der Waals surface area contributed by atoms with Crippen molar-refractivity contribution in [2.75, 3.05) is 23.1 Å². The number of nitrogens with one attached hydrogen (secondary N) is 2. The molecule has 0 aliphatic carbocycles. The van der Waals surface area contributed by atoms with E-state index in [9.17, 15) is 21.6 Å². The van der Waals surface area contributed by atoms with E-state index < -0.39 is 20.0 Å². The van der Waals surface area contributed by atoms with E-state index in [1.165, 1.54) is 28.6 Å². The lowest BCUT2D eigenvalue weighted by Crippen LogP contribution is -2.29. The van der Waals surface area contributed by atoms with Gasteiger partial charge in [-0.3, -0.25) is 9.52 Å². The number of rotatable bonds is 8. The molecule has 35 heavy (non-hydrogen) atoms. The number of hydrogen-bond donors (Lipinski definition) is 2. The van der Waals surface area contributed by atoms with Gasteiger partial charge < -0.3 is 5.32 Å². The number of carbonyl (C=O) groups is 1. The van der Waals surface area contributed by atoms with Gasteiger partial charge in [0.05, 0.1) is 10.6 Å². The van der Waals surface area contributed by atoms with Gasteiger partial charge in [-0.1, -0.05) is 29.8 Å². The van der Waals surface area contributed by atoms with Crippen LogP contribution in [-0.2, 0) is 25.8 Å². The molecule has 3 aromatic carbocycles. The highest BCUT2D eigenvalue weighted by molar-refractivity contribution is 7.92. The molecule has 1 aliphatic rings. The largest absolute Gasteiger partial charge is 0.322 e. The first-order valence-electron chi connectivity index (χ1n) is 11.2. The number of aryl methyl sites for hydroxylation is 1. The maximum atomic E-state index is 12.6. The predicted molar refractivity (Wildman–Crippen MR) is 136 cm³/mol. The first kappa shape index (κ1) is 24.9. The summed E-state index contributed by atoms with van der Waals surface area (Å²) in [5.41, 5.74) is 2.90. The summed E-state index contributed by atoms with van der Waals surface area (Å²) in [4.78, 5) is 12.7. The predicted octanol–water partition coefficient (Wildman–Crippen LogP) is 3.97. The number of sulfonamides is 2. The molecular formula is C25H27N3O5S2. The standard InChI is InChI=1S/C25H27N3O5S2/c1-19-4-10-23(11-5-19)27-35(32,33)24-14-12-22(13-15-24)26-25(29)21-8-6-20(7-9-21)18-34(30,31)28-16-2-3-17-28/h4-15,27H,2-3,16-18H2,1H3,(H,26,29). The highest BCUT2D eigenvalue weighted by Crippen LogP contribution is 2.20. The molecule has 0 atom stereocenters. The van der Waals surface area contributed by atoms with Gasteiger partial charge in [0.25, 0.3) is 15.9 Å². The Kier molecular flexibility index (Phi) is 7.25. The van der Waals surface area contributed by atoms with E-state index in [0.29, 0.717) is 35.6 Å². The van der Waals surface area contributed by atoms with Crippen molar-refractivity contribution in [3.63, 3.8) is 0 Å². The van der Waals surface area contributed by atoms with Gasteiger partial charge in [-0.25, -0.2) is 21.1 Å². The molecule has 0 aromatic heterocycles. The summed E-state index contributed by atoms with van der Waals surface area (Å²) in [5.74, 6) is -0.478. The van der Waals surface area contributed by atoms with Crippen LogP contribution in [0.2, 0.25) is 0 Å². The molecule has 10 heteroatoms. The molecule has 1 heterocycles. The maximum absolute atomic E-state index is 12.6. The van der Waals surface area contributed by atoms with E-state index in [2.05, 4.69) is 10.0 Å². The summed E-state index contributed by atoms with van der Waals surface area (Å²) in [6, 6.07) is 19.3. The van der Waals surface area contributed by atoms with Crippen LogP contribution < -0.4 is 10.0 Å². The van der Waals surface area contributed by atoms with Crippen LogP contribution in [0.25, 0.3) is 0 Å². The number of nitrogens with zero attached hydrogens (tertiary/aromatic N) is 1.